The summed E-state index contributed by atoms with van der Waals surface area (Å²) in [6.07, 6.45) is 2.12. The zero-order chi connectivity index (χ0) is 11.5. The Bertz CT molecular complexity index is 414. The molecular formula is C9H13N5O2. The van der Waals surface area contributed by atoms with Crippen LogP contribution in [0.3, 0.4) is 0 Å². The van der Waals surface area contributed by atoms with E-state index in [0.29, 0.717) is 18.8 Å². The quantitative estimate of drug-likeness (QED) is 0.565. The van der Waals surface area contributed by atoms with Crippen LogP contribution >= 0.6 is 0 Å². The lowest BCUT2D eigenvalue weighted by atomic mass is 10.3. The SMILES string of the molecule is Nc1cn[nH]c1C(=O)N1CCCNC(=O)C1. The number of nitrogens with two attached hydrogens (primary N) is 1. The molecule has 0 bridgehead atoms. The number of carbonyl (C=O) groups excluding carboxylic acids is 2. The molecule has 2 heterocycles. The first-order chi connectivity index (χ1) is 7.68. The van der Waals surface area contributed by atoms with Gasteiger partial charge in [0.25, 0.3) is 5.91 Å². The zero-order valence-corrected chi connectivity index (χ0v) is 8.69. The Morgan fingerprint density at radius 1 is 1.56 bits per heavy atom. The van der Waals surface area contributed by atoms with E-state index < -0.39 is 0 Å². The van der Waals surface area contributed by atoms with Crippen molar-refractivity contribution in [2.75, 3.05) is 25.4 Å². The van der Waals surface area contributed by atoms with Crippen molar-refractivity contribution in [1.82, 2.24) is 20.4 Å². The summed E-state index contributed by atoms with van der Waals surface area (Å²) >= 11 is 0. The van der Waals surface area contributed by atoms with E-state index in [4.69, 9.17) is 5.73 Å². The molecule has 2 rings (SSSR count). The van der Waals surface area contributed by atoms with Gasteiger partial charge < -0.3 is 16.0 Å². The molecular weight excluding hydrogens is 210 g/mol. The van der Waals surface area contributed by atoms with Crippen molar-refractivity contribution in [2.24, 2.45) is 0 Å². The summed E-state index contributed by atoms with van der Waals surface area (Å²) in [4.78, 5) is 24.7. The van der Waals surface area contributed by atoms with Gasteiger partial charge in [0, 0.05) is 13.1 Å². The van der Waals surface area contributed by atoms with Gasteiger partial charge in [0.05, 0.1) is 18.4 Å². The number of hydrogen-bond donors (Lipinski definition) is 3. The predicted octanol–water partition coefficient (Wildman–Crippen LogP) is -1.05. The molecule has 7 nitrogen and oxygen atoms in total. The number of nitrogens with one attached hydrogen (secondary N) is 2. The molecule has 0 aliphatic carbocycles. The van der Waals surface area contributed by atoms with Crippen LogP contribution in [0.15, 0.2) is 6.20 Å². The van der Waals surface area contributed by atoms with Gasteiger partial charge in [-0.1, -0.05) is 0 Å². The molecule has 0 atom stereocenters. The van der Waals surface area contributed by atoms with Crippen molar-refractivity contribution >= 4 is 17.5 Å². The first-order valence-electron chi connectivity index (χ1n) is 5.03. The Hall–Kier alpha value is -2.05. The molecule has 0 unspecified atom stereocenters. The van der Waals surface area contributed by atoms with Gasteiger partial charge in [0.15, 0.2) is 0 Å². The third-order valence-corrected chi connectivity index (χ3v) is 2.43. The maximum absolute atomic E-state index is 12.0. The largest absolute Gasteiger partial charge is 0.396 e. The van der Waals surface area contributed by atoms with E-state index in [1.54, 1.807) is 0 Å². The number of nitrogens with zero attached hydrogens (tertiary/aromatic N) is 2. The van der Waals surface area contributed by atoms with Crippen LogP contribution in [0.5, 0.6) is 0 Å². The monoisotopic (exact) mass is 223 g/mol. The Morgan fingerprint density at radius 3 is 3.06 bits per heavy atom. The number of nitrogen functional groups attached to an aromatic ring is 1. The lowest BCUT2D eigenvalue weighted by Crippen LogP contribution is -2.37. The van der Waals surface area contributed by atoms with E-state index >= 15 is 0 Å². The summed E-state index contributed by atoms with van der Waals surface area (Å²) < 4.78 is 0. The minimum Gasteiger partial charge on any atom is -0.396 e. The predicted molar refractivity (Wildman–Crippen MR) is 56.5 cm³/mol. The van der Waals surface area contributed by atoms with Gasteiger partial charge >= 0.3 is 0 Å². The number of hydrogen-bond acceptors (Lipinski definition) is 4. The first-order valence-corrected chi connectivity index (χ1v) is 5.03. The van der Waals surface area contributed by atoms with Crippen LogP contribution in [-0.2, 0) is 4.79 Å². The smallest absolute Gasteiger partial charge is 0.274 e. The number of H-pyrrole nitrogens is 1. The molecule has 2 amide bonds. The summed E-state index contributed by atoms with van der Waals surface area (Å²) in [7, 11) is 0. The van der Waals surface area contributed by atoms with Gasteiger partial charge in [-0.05, 0) is 6.42 Å². The molecule has 1 aromatic heterocycles. The molecule has 1 fully saturated rings. The average Bonchev–Trinajstić information content (AvgIpc) is 2.55. The van der Waals surface area contributed by atoms with Crippen LogP contribution in [-0.4, -0.2) is 46.5 Å². The Kier molecular flexibility index (Phi) is 2.76. The fourth-order valence-corrected chi connectivity index (χ4v) is 1.60. The van der Waals surface area contributed by atoms with Crippen molar-refractivity contribution in [3.63, 3.8) is 0 Å². The van der Waals surface area contributed by atoms with Gasteiger partial charge in [0.2, 0.25) is 5.91 Å². The molecule has 0 saturated carbocycles. The molecule has 0 radical (unpaired) electrons. The topological polar surface area (TPSA) is 104 Å². The fraction of sp³-hybridized carbons (Fsp3) is 0.444. The van der Waals surface area contributed by atoms with Crippen molar-refractivity contribution in [3.8, 4) is 0 Å². The molecule has 7 heteroatoms. The molecule has 1 aliphatic heterocycles. The van der Waals surface area contributed by atoms with Gasteiger partial charge in [-0.2, -0.15) is 5.10 Å². The van der Waals surface area contributed by atoms with Crippen molar-refractivity contribution in [3.05, 3.63) is 11.9 Å². The number of aromatic nitrogens is 2. The maximum atomic E-state index is 12.0. The van der Waals surface area contributed by atoms with Crippen LogP contribution < -0.4 is 11.1 Å². The normalized spacial score (nSPS) is 16.8. The van der Waals surface area contributed by atoms with Crippen LogP contribution in [0.1, 0.15) is 16.9 Å². The number of aromatic amines is 1. The minimum absolute atomic E-state index is 0.0668. The molecule has 0 aromatic carbocycles. The number of amides is 2. The second-order valence-electron chi connectivity index (χ2n) is 3.63. The number of rotatable bonds is 1. The number of anilines is 1. The highest BCUT2D eigenvalue weighted by molar-refractivity contribution is 5.98. The Balaban J connectivity index is 2.15. The standard InChI is InChI=1S/C9H13N5O2/c10-6-4-12-13-8(6)9(16)14-3-1-2-11-7(15)5-14/h4H,1-3,5,10H2,(H,11,15)(H,12,13). The second kappa shape index (κ2) is 4.21. The van der Waals surface area contributed by atoms with E-state index in [1.807, 2.05) is 0 Å². The maximum Gasteiger partial charge on any atom is 0.274 e. The van der Waals surface area contributed by atoms with Crippen LogP contribution in [0.4, 0.5) is 5.69 Å². The molecule has 86 valence electrons. The third kappa shape index (κ3) is 1.97. The Labute approximate surface area is 92.0 Å². The van der Waals surface area contributed by atoms with Crippen molar-refractivity contribution < 1.29 is 9.59 Å². The molecule has 1 saturated heterocycles. The van der Waals surface area contributed by atoms with Crippen LogP contribution in [0, 0.1) is 0 Å². The highest BCUT2D eigenvalue weighted by Crippen LogP contribution is 2.10. The molecule has 1 aliphatic rings. The second-order valence-corrected chi connectivity index (χ2v) is 3.63. The van der Waals surface area contributed by atoms with E-state index in [9.17, 15) is 9.59 Å². The van der Waals surface area contributed by atoms with E-state index in [-0.39, 0.29) is 24.1 Å². The van der Waals surface area contributed by atoms with E-state index in [0.717, 1.165) is 6.42 Å². The summed E-state index contributed by atoms with van der Waals surface area (Å²) in [5.74, 6) is -0.434. The fourth-order valence-electron chi connectivity index (χ4n) is 1.60. The van der Waals surface area contributed by atoms with Gasteiger partial charge in [0.1, 0.15) is 5.69 Å². The van der Waals surface area contributed by atoms with E-state index in [1.165, 1.54) is 11.1 Å². The molecule has 1 aromatic rings. The lowest BCUT2D eigenvalue weighted by molar-refractivity contribution is -0.121. The Morgan fingerprint density at radius 2 is 2.38 bits per heavy atom. The van der Waals surface area contributed by atoms with Gasteiger partial charge in [-0.3, -0.25) is 14.7 Å². The zero-order valence-electron chi connectivity index (χ0n) is 8.69. The highest BCUT2D eigenvalue weighted by atomic mass is 16.2. The first kappa shape index (κ1) is 10.5. The van der Waals surface area contributed by atoms with Crippen LogP contribution in [0.2, 0.25) is 0 Å². The van der Waals surface area contributed by atoms with Gasteiger partial charge in [-0.25, -0.2) is 0 Å². The summed E-state index contributed by atoms with van der Waals surface area (Å²) in [6.45, 7) is 1.20. The summed E-state index contributed by atoms with van der Waals surface area (Å²) in [5.41, 5.74) is 6.13. The van der Waals surface area contributed by atoms with Crippen LogP contribution in [0.25, 0.3) is 0 Å². The van der Waals surface area contributed by atoms with E-state index in [2.05, 4.69) is 15.5 Å². The summed E-state index contributed by atoms with van der Waals surface area (Å²) in [5, 5.41) is 8.92. The highest BCUT2D eigenvalue weighted by Gasteiger charge is 2.23. The van der Waals surface area contributed by atoms with Gasteiger partial charge in [-0.15, -0.1) is 0 Å². The average molecular weight is 223 g/mol. The van der Waals surface area contributed by atoms with Crippen molar-refractivity contribution in [1.29, 1.82) is 0 Å². The lowest BCUT2D eigenvalue weighted by Gasteiger charge is -2.18. The number of carbonyl (C=O) groups is 2. The third-order valence-electron chi connectivity index (χ3n) is 2.43. The molecule has 0 spiro atoms. The summed E-state index contributed by atoms with van der Waals surface area (Å²) in [6, 6.07) is 0. The minimum atomic E-state index is -0.285. The molecule has 16 heavy (non-hydrogen) atoms. The molecule has 4 N–H and O–H groups in total. The van der Waals surface area contributed by atoms with Crippen molar-refractivity contribution in [2.45, 2.75) is 6.42 Å².